The van der Waals surface area contributed by atoms with Gasteiger partial charge in [-0.1, -0.05) is 18.2 Å². The number of halogens is 1. The highest BCUT2D eigenvalue weighted by atomic mass is 35.5. The summed E-state index contributed by atoms with van der Waals surface area (Å²) in [5.74, 6) is 0.411. The summed E-state index contributed by atoms with van der Waals surface area (Å²) in [6.07, 6.45) is 1.44. The molecular formula is C9H10ClN3O2. The van der Waals surface area contributed by atoms with E-state index >= 15 is 0 Å². The average Bonchev–Trinajstić information content (AvgIpc) is 2.16. The summed E-state index contributed by atoms with van der Waals surface area (Å²) in [5, 5.41) is 13.9. The molecule has 0 spiro atoms. The van der Waals surface area contributed by atoms with Crippen molar-refractivity contribution in [2.75, 3.05) is 11.9 Å². The van der Waals surface area contributed by atoms with Crippen molar-refractivity contribution >= 4 is 23.1 Å². The fraction of sp³-hybridized carbons (Fsp3) is 0.222. The maximum atomic E-state index is 10.6. The largest absolute Gasteiger partial charge is 0.365 e. The van der Waals surface area contributed by atoms with E-state index in [9.17, 15) is 10.1 Å². The number of rotatable bonds is 4. The van der Waals surface area contributed by atoms with Crippen LogP contribution in [0, 0.1) is 17.0 Å². The Morgan fingerprint density at radius 3 is 3.00 bits per heavy atom. The molecule has 0 aliphatic heterocycles. The Morgan fingerprint density at radius 1 is 1.80 bits per heavy atom. The van der Waals surface area contributed by atoms with Crippen molar-refractivity contribution in [2.45, 2.75) is 6.92 Å². The van der Waals surface area contributed by atoms with Crippen molar-refractivity contribution in [1.82, 2.24) is 4.98 Å². The van der Waals surface area contributed by atoms with E-state index in [-0.39, 0.29) is 5.69 Å². The molecule has 5 nitrogen and oxygen atoms in total. The highest BCUT2D eigenvalue weighted by Crippen LogP contribution is 2.19. The molecule has 0 atom stereocenters. The van der Waals surface area contributed by atoms with Crippen molar-refractivity contribution in [3.05, 3.63) is 39.6 Å². The Labute approximate surface area is 91.9 Å². The zero-order valence-electron chi connectivity index (χ0n) is 8.16. The smallest absolute Gasteiger partial charge is 0.277 e. The molecule has 0 aliphatic rings. The van der Waals surface area contributed by atoms with Crippen LogP contribution in [-0.2, 0) is 0 Å². The van der Waals surface area contributed by atoms with Crippen LogP contribution in [0.15, 0.2) is 23.9 Å². The van der Waals surface area contributed by atoms with Crippen LogP contribution < -0.4 is 5.32 Å². The molecule has 6 heteroatoms. The molecule has 0 fully saturated rings. The predicted octanol–water partition coefficient (Wildman–Crippen LogP) is 2.46. The minimum atomic E-state index is -0.447. The van der Waals surface area contributed by atoms with Crippen molar-refractivity contribution < 1.29 is 4.92 Å². The fourth-order valence-electron chi connectivity index (χ4n) is 0.993. The molecule has 80 valence electrons. The van der Waals surface area contributed by atoms with Gasteiger partial charge in [-0.2, -0.15) is 0 Å². The second kappa shape index (κ2) is 4.75. The minimum absolute atomic E-state index is 0.0349. The standard InChI is InChI=1S/C9H10ClN3O2/c1-6-4-11-9(12-5-7(2)10)3-8(6)13(14)15/h3-4H,2,5H2,1H3,(H,11,12). The first-order chi connectivity index (χ1) is 7.00. The Morgan fingerprint density at radius 2 is 2.47 bits per heavy atom. The first-order valence-electron chi connectivity index (χ1n) is 4.19. The number of aryl methyl sites for hydroxylation is 1. The minimum Gasteiger partial charge on any atom is -0.365 e. The van der Waals surface area contributed by atoms with E-state index in [0.717, 1.165) is 0 Å². The Bertz CT molecular complexity index is 406. The maximum Gasteiger partial charge on any atom is 0.277 e. The SMILES string of the molecule is C=C(Cl)CNc1cc([N+](=O)[O-])c(C)cn1. The Hall–Kier alpha value is -1.62. The van der Waals surface area contributed by atoms with Crippen LogP contribution >= 0.6 is 11.6 Å². The van der Waals surface area contributed by atoms with Crippen LogP contribution in [0.1, 0.15) is 5.56 Å². The number of nitrogens with zero attached hydrogens (tertiary/aromatic N) is 2. The van der Waals surface area contributed by atoms with Gasteiger partial charge in [-0.05, 0) is 6.92 Å². The molecule has 0 saturated carbocycles. The van der Waals surface area contributed by atoms with Gasteiger partial charge in [-0.3, -0.25) is 10.1 Å². The topological polar surface area (TPSA) is 68.1 Å². The van der Waals surface area contributed by atoms with Crippen LogP contribution in [0.2, 0.25) is 0 Å². The number of pyridine rings is 1. The van der Waals surface area contributed by atoms with Crippen molar-refractivity contribution in [2.24, 2.45) is 0 Å². The van der Waals surface area contributed by atoms with Gasteiger partial charge in [0.25, 0.3) is 5.69 Å². The van der Waals surface area contributed by atoms with E-state index in [4.69, 9.17) is 11.6 Å². The lowest BCUT2D eigenvalue weighted by molar-refractivity contribution is -0.385. The Balaban J connectivity index is 2.87. The molecule has 0 aliphatic carbocycles. The molecule has 1 rings (SSSR count). The lowest BCUT2D eigenvalue weighted by Gasteiger charge is -2.04. The van der Waals surface area contributed by atoms with E-state index in [0.29, 0.717) is 23.0 Å². The molecule has 0 bridgehead atoms. The van der Waals surface area contributed by atoms with Gasteiger partial charge in [0.05, 0.1) is 17.5 Å². The summed E-state index contributed by atoms with van der Waals surface area (Å²) < 4.78 is 0. The first kappa shape index (κ1) is 11.5. The van der Waals surface area contributed by atoms with Gasteiger partial charge < -0.3 is 5.32 Å². The van der Waals surface area contributed by atoms with Gasteiger partial charge >= 0.3 is 0 Å². The lowest BCUT2D eigenvalue weighted by atomic mass is 10.2. The van der Waals surface area contributed by atoms with Gasteiger partial charge in [0, 0.05) is 16.8 Å². The van der Waals surface area contributed by atoms with E-state index in [1.54, 1.807) is 6.92 Å². The second-order valence-corrected chi connectivity index (χ2v) is 3.52. The summed E-state index contributed by atoms with van der Waals surface area (Å²) in [4.78, 5) is 14.1. The van der Waals surface area contributed by atoms with Crippen LogP contribution in [0.4, 0.5) is 11.5 Å². The molecule has 1 aromatic heterocycles. The summed E-state index contributed by atoms with van der Waals surface area (Å²) in [6, 6.07) is 1.37. The highest BCUT2D eigenvalue weighted by molar-refractivity contribution is 6.29. The zero-order valence-corrected chi connectivity index (χ0v) is 8.91. The quantitative estimate of drug-likeness (QED) is 0.634. The summed E-state index contributed by atoms with van der Waals surface area (Å²) in [6.45, 7) is 5.45. The zero-order chi connectivity index (χ0) is 11.4. The van der Waals surface area contributed by atoms with Crippen LogP contribution in [0.5, 0.6) is 0 Å². The van der Waals surface area contributed by atoms with Gasteiger partial charge in [-0.25, -0.2) is 4.98 Å². The Kier molecular flexibility index (Phi) is 3.62. The van der Waals surface area contributed by atoms with E-state index in [1.807, 2.05) is 0 Å². The fourth-order valence-corrected chi connectivity index (χ4v) is 1.06. The van der Waals surface area contributed by atoms with Gasteiger partial charge in [-0.15, -0.1) is 0 Å². The van der Waals surface area contributed by atoms with Crippen molar-refractivity contribution in [3.8, 4) is 0 Å². The molecule has 1 aromatic rings. The lowest BCUT2D eigenvalue weighted by Crippen LogP contribution is -2.04. The number of hydrogen-bond donors (Lipinski definition) is 1. The number of anilines is 1. The van der Waals surface area contributed by atoms with Crippen molar-refractivity contribution in [1.29, 1.82) is 0 Å². The number of aromatic nitrogens is 1. The molecule has 1 N–H and O–H groups in total. The van der Waals surface area contributed by atoms with Gasteiger partial charge in [0.2, 0.25) is 0 Å². The normalized spacial score (nSPS) is 9.73. The first-order valence-corrected chi connectivity index (χ1v) is 4.56. The summed E-state index contributed by atoms with van der Waals surface area (Å²) >= 11 is 5.54. The third-order valence-electron chi connectivity index (χ3n) is 1.73. The third-order valence-corrected chi connectivity index (χ3v) is 1.87. The summed E-state index contributed by atoms with van der Waals surface area (Å²) in [7, 11) is 0. The van der Waals surface area contributed by atoms with Crippen LogP contribution in [-0.4, -0.2) is 16.5 Å². The van der Waals surface area contributed by atoms with Gasteiger partial charge in [0.15, 0.2) is 0 Å². The predicted molar refractivity (Wildman–Crippen MR) is 59.1 cm³/mol. The molecule has 0 radical (unpaired) electrons. The maximum absolute atomic E-state index is 10.6. The number of hydrogen-bond acceptors (Lipinski definition) is 4. The van der Waals surface area contributed by atoms with E-state index in [1.165, 1.54) is 12.3 Å². The molecule has 1 heterocycles. The molecule has 0 amide bonds. The highest BCUT2D eigenvalue weighted by Gasteiger charge is 2.11. The second-order valence-electron chi connectivity index (χ2n) is 2.98. The molecule has 0 unspecified atom stereocenters. The summed E-state index contributed by atoms with van der Waals surface area (Å²) in [5.41, 5.74) is 0.558. The van der Waals surface area contributed by atoms with Crippen LogP contribution in [0.3, 0.4) is 0 Å². The average molecular weight is 228 g/mol. The number of nitrogens with one attached hydrogen (secondary N) is 1. The van der Waals surface area contributed by atoms with E-state index < -0.39 is 4.92 Å². The molecular weight excluding hydrogens is 218 g/mol. The van der Waals surface area contributed by atoms with Gasteiger partial charge in [0.1, 0.15) is 5.82 Å². The van der Waals surface area contributed by atoms with Crippen molar-refractivity contribution in [3.63, 3.8) is 0 Å². The third kappa shape index (κ3) is 3.21. The monoisotopic (exact) mass is 227 g/mol. The molecule has 0 aromatic carbocycles. The van der Waals surface area contributed by atoms with E-state index in [2.05, 4.69) is 16.9 Å². The number of nitro groups is 1. The molecule has 15 heavy (non-hydrogen) atoms. The molecule has 0 saturated heterocycles. The van der Waals surface area contributed by atoms with Crippen LogP contribution in [0.25, 0.3) is 0 Å².